The predicted molar refractivity (Wildman–Crippen MR) is 24.3 cm³/mol. The van der Waals surface area contributed by atoms with Gasteiger partial charge in [-0.25, -0.2) is 0 Å². The Bertz CT molecular complexity index is 52.3. The molecule has 6 heavy (non-hydrogen) atoms. The fourth-order valence-corrected chi connectivity index (χ4v) is 0.748. The molecule has 1 aliphatic heterocycles. The second kappa shape index (κ2) is 0.784. The molecule has 1 nitrogen and oxygen atoms in total. The summed E-state index contributed by atoms with van der Waals surface area (Å²) in [5.41, 5.74) is 0. The maximum absolute atomic E-state index is 2.47. The van der Waals surface area contributed by atoms with Gasteiger partial charge in [-0.05, 0) is 12.8 Å². The normalized spacial score (nSPS) is 34.0. The Morgan fingerprint density at radius 3 is 2.33 bits per heavy atom. The second-order valence-electron chi connectivity index (χ2n) is 2.07. The average molecular weight is 82.1 g/mol. The van der Waals surface area contributed by atoms with Gasteiger partial charge < -0.3 is 0 Å². The first-order valence-electron chi connectivity index (χ1n) is 2.54. The molecule has 0 N–H and O–H groups in total. The summed E-state index contributed by atoms with van der Waals surface area (Å²) in [6, 6.07) is 0.921. The van der Waals surface area contributed by atoms with Gasteiger partial charge in [0.25, 0.3) is 0 Å². The summed E-state index contributed by atoms with van der Waals surface area (Å²) in [5.74, 6) is 0. The van der Waals surface area contributed by atoms with Gasteiger partial charge >= 0.3 is 0 Å². The molecule has 33 valence electrons. The van der Waals surface area contributed by atoms with E-state index >= 15 is 0 Å². The maximum atomic E-state index is 2.47. The number of hydrogen-bond donors (Lipinski definition) is 0. The van der Waals surface area contributed by atoms with E-state index < -0.39 is 0 Å². The van der Waals surface area contributed by atoms with Crippen LogP contribution in [0.25, 0.3) is 0 Å². The van der Waals surface area contributed by atoms with Gasteiger partial charge in [-0.2, -0.15) is 0 Å². The lowest BCUT2D eigenvalue weighted by molar-refractivity contribution is 0.564. The molecule has 1 heterocycles. The van der Waals surface area contributed by atoms with Crippen LogP contribution in [-0.4, -0.2) is 24.0 Å². The molecule has 2 rings (SSSR count). The Labute approximate surface area is 37.9 Å². The predicted octanol–water partition coefficient (Wildman–Crippen LogP) is 0.279. The van der Waals surface area contributed by atoms with Crippen LogP contribution in [0.3, 0.4) is 0 Å². The van der Waals surface area contributed by atoms with E-state index in [-0.39, 0.29) is 0 Å². The first-order valence-corrected chi connectivity index (χ1v) is 2.54. The highest BCUT2D eigenvalue weighted by Gasteiger charge is 2.35. The van der Waals surface area contributed by atoms with Crippen molar-refractivity contribution < 1.29 is 0 Å². The van der Waals surface area contributed by atoms with Crippen molar-refractivity contribution in [1.29, 1.82) is 0 Å². The van der Waals surface area contributed by atoms with Crippen LogP contribution < -0.4 is 0 Å². The minimum Gasteiger partial charge on any atom is -0.298 e. The van der Waals surface area contributed by atoms with Gasteiger partial charge in [0.15, 0.2) is 0 Å². The minimum atomic E-state index is 0.921. The standard InChI is InChI=1S/C5H8N/c1-2-5(1)6-3-4-6/h1,5H,2-4H2/t5-/m1/s1. The largest absolute Gasteiger partial charge is 0.298 e. The van der Waals surface area contributed by atoms with Gasteiger partial charge in [0.1, 0.15) is 0 Å². The molecular formula is C5H8N. The molecule has 1 heteroatoms. The topological polar surface area (TPSA) is 3.01 Å². The van der Waals surface area contributed by atoms with Crippen LogP contribution in [0.5, 0.6) is 0 Å². The van der Waals surface area contributed by atoms with E-state index in [0.717, 1.165) is 6.04 Å². The Morgan fingerprint density at radius 2 is 2.17 bits per heavy atom. The summed E-state index contributed by atoms with van der Waals surface area (Å²) in [7, 11) is 0. The van der Waals surface area contributed by atoms with Crippen LogP contribution in [-0.2, 0) is 0 Å². The van der Waals surface area contributed by atoms with Crippen molar-refractivity contribution in [2.75, 3.05) is 13.1 Å². The van der Waals surface area contributed by atoms with Crippen molar-refractivity contribution in [3.63, 3.8) is 0 Å². The molecule has 1 aliphatic carbocycles. The van der Waals surface area contributed by atoms with Crippen molar-refractivity contribution in [2.24, 2.45) is 0 Å². The highest BCUT2D eigenvalue weighted by atomic mass is 15.3. The van der Waals surface area contributed by atoms with Crippen molar-refractivity contribution >= 4 is 0 Å². The average Bonchev–Trinajstić information content (AvgIpc) is 2.26. The minimum absolute atomic E-state index is 0.921. The summed E-state index contributed by atoms with van der Waals surface area (Å²) >= 11 is 0. The van der Waals surface area contributed by atoms with Gasteiger partial charge in [0.05, 0.1) is 0 Å². The zero-order valence-corrected chi connectivity index (χ0v) is 3.72. The number of hydrogen-bond acceptors (Lipinski definition) is 1. The summed E-state index contributed by atoms with van der Waals surface area (Å²) in [6.45, 7) is 2.72. The molecule has 1 atom stereocenters. The fraction of sp³-hybridized carbons (Fsp3) is 0.800. The summed E-state index contributed by atoms with van der Waals surface area (Å²) in [5, 5.41) is 0. The van der Waals surface area contributed by atoms with E-state index in [9.17, 15) is 0 Å². The van der Waals surface area contributed by atoms with E-state index in [2.05, 4.69) is 11.3 Å². The molecule has 0 aromatic rings. The SMILES string of the molecule is [CH]1C[C@@H]1N1CC1. The van der Waals surface area contributed by atoms with Gasteiger partial charge in [0, 0.05) is 19.1 Å². The second-order valence-corrected chi connectivity index (χ2v) is 2.07. The van der Waals surface area contributed by atoms with E-state index in [1.54, 1.807) is 0 Å². The van der Waals surface area contributed by atoms with Crippen LogP contribution in [0.4, 0.5) is 0 Å². The van der Waals surface area contributed by atoms with Gasteiger partial charge in [-0.1, -0.05) is 0 Å². The molecule has 0 spiro atoms. The molecule has 0 amide bonds. The molecule has 1 saturated carbocycles. The van der Waals surface area contributed by atoms with E-state index in [1.165, 1.54) is 19.5 Å². The monoisotopic (exact) mass is 82.1 g/mol. The highest BCUT2D eigenvalue weighted by Crippen LogP contribution is 2.29. The third kappa shape index (κ3) is 0.350. The van der Waals surface area contributed by atoms with Crippen molar-refractivity contribution in [1.82, 2.24) is 4.90 Å². The van der Waals surface area contributed by atoms with Crippen molar-refractivity contribution in [3.8, 4) is 0 Å². The smallest absolute Gasteiger partial charge is 0.0132 e. The van der Waals surface area contributed by atoms with Gasteiger partial charge in [0.2, 0.25) is 0 Å². The fourth-order valence-electron chi connectivity index (χ4n) is 0.748. The summed E-state index contributed by atoms with van der Waals surface area (Å²) in [6.07, 6.45) is 3.72. The Balaban J connectivity index is 1.92. The van der Waals surface area contributed by atoms with Gasteiger partial charge in [-0.3, -0.25) is 4.90 Å². The van der Waals surface area contributed by atoms with E-state index in [4.69, 9.17) is 0 Å². The van der Waals surface area contributed by atoms with Gasteiger partial charge in [-0.15, -0.1) is 0 Å². The molecule has 0 unspecified atom stereocenters. The van der Waals surface area contributed by atoms with Crippen LogP contribution in [0.2, 0.25) is 0 Å². The quantitative estimate of drug-likeness (QED) is 0.410. The molecule has 2 fully saturated rings. The van der Waals surface area contributed by atoms with E-state index in [0.29, 0.717) is 0 Å². The van der Waals surface area contributed by atoms with Crippen LogP contribution in [0, 0.1) is 6.42 Å². The lowest BCUT2D eigenvalue weighted by Gasteiger charge is -1.85. The lowest BCUT2D eigenvalue weighted by Crippen LogP contribution is -1.95. The first kappa shape index (κ1) is 3.03. The lowest BCUT2D eigenvalue weighted by atomic mass is 10.7. The third-order valence-electron chi connectivity index (χ3n) is 1.40. The third-order valence-corrected chi connectivity index (χ3v) is 1.40. The Morgan fingerprint density at radius 1 is 1.50 bits per heavy atom. The van der Waals surface area contributed by atoms with E-state index in [1.807, 2.05) is 0 Å². The summed E-state index contributed by atoms with van der Waals surface area (Å²) < 4.78 is 0. The molecule has 1 saturated heterocycles. The zero-order valence-electron chi connectivity index (χ0n) is 3.72. The molecule has 1 radical (unpaired) electrons. The molecule has 0 aromatic heterocycles. The Kier molecular flexibility index (Phi) is 0.396. The number of nitrogens with zero attached hydrogens (tertiary/aromatic N) is 1. The van der Waals surface area contributed by atoms with Crippen molar-refractivity contribution in [3.05, 3.63) is 6.42 Å². The highest BCUT2D eigenvalue weighted by molar-refractivity contribution is 5.07. The molecule has 0 bridgehead atoms. The Hall–Kier alpha value is -0.0400. The summed E-state index contributed by atoms with van der Waals surface area (Å²) in [4.78, 5) is 2.47. The van der Waals surface area contributed by atoms with Crippen LogP contribution in [0.1, 0.15) is 6.42 Å². The molecular weight excluding hydrogens is 74.1 g/mol. The molecule has 0 aromatic carbocycles. The van der Waals surface area contributed by atoms with Crippen molar-refractivity contribution in [2.45, 2.75) is 12.5 Å². The maximum Gasteiger partial charge on any atom is 0.0132 e. The zero-order chi connectivity index (χ0) is 3.98. The number of rotatable bonds is 1. The van der Waals surface area contributed by atoms with Crippen LogP contribution >= 0.6 is 0 Å². The van der Waals surface area contributed by atoms with Crippen LogP contribution in [0.15, 0.2) is 0 Å². The molecule has 2 aliphatic rings. The first-order chi connectivity index (χ1) is 2.97.